The number of benzene rings is 1. The number of aromatic nitrogens is 2. The summed E-state index contributed by atoms with van der Waals surface area (Å²) >= 11 is 0. The summed E-state index contributed by atoms with van der Waals surface area (Å²) in [7, 11) is 0. The zero-order valence-electron chi connectivity index (χ0n) is 14.0. The molecule has 124 valence electrons. The number of anilines is 1. The van der Waals surface area contributed by atoms with Crippen LogP contribution in [0.2, 0.25) is 0 Å². The van der Waals surface area contributed by atoms with Crippen molar-refractivity contribution in [2.24, 2.45) is 21.6 Å². The van der Waals surface area contributed by atoms with Crippen LogP contribution in [0.25, 0.3) is 0 Å². The summed E-state index contributed by atoms with van der Waals surface area (Å²) in [5, 5.41) is 6.37. The summed E-state index contributed by atoms with van der Waals surface area (Å²) in [6, 6.07) is 9.83. The predicted octanol–water partition coefficient (Wildman–Crippen LogP) is 1.87. The number of nitrogens with zero attached hydrogens (tertiary/aromatic N) is 4. The molecule has 0 saturated heterocycles. The van der Waals surface area contributed by atoms with Gasteiger partial charge in [0.05, 0.1) is 18.1 Å². The molecule has 1 aromatic carbocycles. The lowest BCUT2D eigenvalue weighted by Crippen LogP contribution is -2.61. The van der Waals surface area contributed by atoms with Crippen LogP contribution in [0.3, 0.4) is 0 Å². The van der Waals surface area contributed by atoms with Crippen molar-refractivity contribution < 1.29 is 0 Å². The number of nitrogens with one attached hydrogen (secondary N) is 2. The molecule has 0 aliphatic carbocycles. The van der Waals surface area contributed by atoms with Crippen molar-refractivity contribution in [3.63, 3.8) is 0 Å². The first kappa shape index (κ1) is 16.1. The Balaban J connectivity index is 1.95. The number of aryl methyl sites for hydroxylation is 1. The highest BCUT2D eigenvalue weighted by molar-refractivity contribution is 6.10. The Morgan fingerprint density at radius 1 is 1.12 bits per heavy atom. The van der Waals surface area contributed by atoms with Gasteiger partial charge in [-0.1, -0.05) is 44.2 Å². The van der Waals surface area contributed by atoms with Crippen molar-refractivity contribution in [3.8, 4) is 0 Å². The maximum Gasteiger partial charge on any atom is 0.228 e. The van der Waals surface area contributed by atoms with Crippen LogP contribution < -0.4 is 16.4 Å². The quantitative estimate of drug-likeness (QED) is 0.800. The number of amidine groups is 1. The number of rotatable bonds is 3. The van der Waals surface area contributed by atoms with E-state index in [1.165, 1.54) is 0 Å². The second-order valence-electron chi connectivity index (χ2n) is 6.01. The normalized spacial score (nSPS) is 20.2. The van der Waals surface area contributed by atoms with Gasteiger partial charge in [0.25, 0.3) is 0 Å². The van der Waals surface area contributed by atoms with Gasteiger partial charge in [-0.15, -0.1) is 0 Å². The number of hydrogen-bond acceptors (Lipinski definition) is 7. The zero-order valence-corrected chi connectivity index (χ0v) is 14.0. The third kappa shape index (κ3) is 3.41. The van der Waals surface area contributed by atoms with E-state index in [2.05, 4.69) is 30.6 Å². The van der Waals surface area contributed by atoms with Crippen molar-refractivity contribution in [2.45, 2.75) is 26.6 Å². The summed E-state index contributed by atoms with van der Waals surface area (Å²) in [4.78, 5) is 17.4. The largest absolute Gasteiger partial charge is 0.333 e. The Bertz CT molecular complexity index is 765. The minimum Gasteiger partial charge on any atom is -0.333 e. The molecular formula is C17H21N7. The molecule has 7 heteroatoms. The van der Waals surface area contributed by atoms with Crippen molar-refractivity contribution in [3.05, 3.63) is 54.1 Å². The fraction of sp³-hybridized carbons (Fsp3) is 0.294. The standard InChI is InChI=1S/C17H21N7/c1-11(2)17(18)23-15(13-7-5-4-6-8-13)22-16(24-17)21-14-9-19-12(3)20-10-14/h4-11H,18H2,1-3H3,(H2,21,22,23,24). The highest BCUT2D eigenvalue weighted by Crippen LogP contribution is 2.19. The lowest BCUT2D eigenvalue weighted by Gasteiger charge is -2.35. The average molecular weight is 323 g/mol. The van der Waals surface area contributed by atoms with Crippen LogP contribution >= 0.6 is 0 Å². The van der Waals surface area contributed by atoms with Gasteiger partial charge >= 0.3 is 0 Å². The molecule has 1 aliphatic heterocycles. The molecular weight excluding hydrogens is 302 g/mol. The van der Waals surface area contributed by atoms with Crippen molar-refractivity contribution in [1.82, 2.24) is 15.3 Å². The Hall–Kier alpha value is -2.80. The summed E-state index contributed by atoms with van der Waals surface area (Å²) in [5.74, 6) is 0.934. The molecule has 24 heavy (non-hydrogen) atoms. The van der Waals surface area contributed by atoms with Gasteiger partial charge in [-0.2, -0.15) is 4.99 Å². The molecule has 0 bridgehead atoms. The molecule has 4 N–H and O–H groups in total. The molecule has 1 atom stereocenters. The van der Waals surface area contributed by atoms with Gasteiger partial charge in [-0.25, -0.2) is 15.0 Å². The first-order valence-electron chi connectivity index (χ1n) is 7.83. The third-order valence-electron chi connectivity index (χ3n) is 3.79. The number of aliphatic imine (C=N–C) groups is 2. The fourth-order valence-corrected chi connectivity index (χ4v) is 2.20. The molecule has 0 spiro atoms. The van der Waals surface area contributed by atoms with Gasteiger partial charge in [-0.05, 0) is 6.92 Å². The van der Waals surface area contributed by atoms with Crippen LogP contribution in [0.4, 0.5) is 5.69 Å². The second kappa shape index (κ2) is 6.37. The summed E-state index contributed by atoms with van der Waals surface area (Å²) in [5.41, 5.74) is 8.11. The van der Waals surface area contributed by atoms with E-state index in [1.807, 2.05) is 51.1 Å². The van der Waals surface area contributed by atoms with Crippen molar-refractivity contribution in [2.75, 3.05) is 5.32 Å². The average Bonchev–Trinajstić information content (AvgIpc) is 2.57. The molecule has 2 aromatic rings. The van der Waals surface area contributed by atoms with Crippen LogP contribution in [-0.4, -0.2) is 27.5 Å². The highest BCUT2D eigenvalue weighted by atomic mass is 15.4. The van der Waals surface area contributed by atoms with E-state index in [-0.39, 0.29) is 5.92 Å². The van der Waals surface area contributed by atoms with E-state index >= 15 is 0 Å². The minimum atomic E-state index is -0.944. The van der Waals surface area contributed by atoms with E-state index in [9.17, 15) is 0 Å². The van der Waals surface area contributed by atoms with Crippen LogP contribution in [0.1, 0.15) is 25.2 Å². The molecule has 0 radical (unpaired) electrons. The Labute approximate surface area is 141 Å². The predicted molar refractivity (Wildman–Crippen MR) is 95.7 cm³/mol. The van der Waals surface area contributed by atoms with E-state index in [1.54, 1.807) is 12.4 Å². The van der Waals surface area contributed by atoms with Gasteiger partial charge in [-0.3, -0.25) is 5.73 Å². The maximum absolute atomic E-state index is 6.45. The number of guanidine groups is 1. The van der Waals surface area contributed by atoms with Crippen molar-refractivity contribution >= 4 is 17.5 Å². The van der Waals surface area contributed by atoms with E-state index < -0.39 is 5.79 Å². The Morgan fingerprint density at radius 3 is 2.42 bits per heavy atom. The summed E-state index contributed by atoms with van der Waals surface area (Å²) < 4.78 is 0. The molecule has 1 aromatic heterocycles. The number of hydrogen-bond donors (Lipinski definition) is 3. The van der Waals surface area contributed by atoms with Gasteiger partial charge in [0, 0.05) is 11.5 Å². The molecule has 7 nitrogen and oxygen atoms in total. The van der Waals surface area contributed by atoms with Crippen LogP contribution in [-0.2, 0) is 0 Å². The topological polar surface area (TPSA) is 101 Å². The van der Waals surface area contributed by atoms with Crippen LogP contribution in [0.5, 0.6) is 0 Å². The summed E-state index contributed by atoms with van der Waals surface area (Å²) in [6.07, 6.45) is 3.39. The number of nitrogens with two attached hydrogens (primary N) is 1. The van der Waals surface area contributed by atoms with E-state index in [4.69, 9.17) is 5.73 Å². The molecule has 0 saturated carbocycles. The van der Waals surface area contributed by atoms with Gasteiger partial charge in [0.15, 0.2) is 5.79 Å². The molecule has 2 heterocycles. The first-order chi connectivity index (χ1) is 11.5. The molecule has 0 fully saturated rings. The molecule has 0 amide bonds. The van der Waals surface area contributed by atoms with Gasteiger partial charge < -0.3 is 10.6 Å². The zero-order chi connectivity index (χ0) is 17.2. The van der Waals surface area contributed by atoms with Crippen LogP contribution in [0.15, 0.2) is 52.7 Å². The molecule has 1 aliphatic rings. The summed E-state index contributed by atoms with van der Waals surface area (Å²) in [6.45, 7) is 5.86. The van der Waals surface area contributed by atoms with E-state index in [0.29, 0.717) is 23.3 Å². The Kier molecular flexibility index (Phi) is 4.26. The van der Waals surface area contributed by atoms with Gasteiger partial charge in [0.1, 0.15) is 11.7 Å². The molecule has 3 rings (SSSR count). The highest BCUT2D eigenvalue weighted by Gasteiger charge is 2.33. The van der Waals surface area contributed by atoms with Crippen LogP contribution in [0, 0.1) is 12.8 Å². The molecule has 1 unspecified atom stereocenters. The lowest BCUT2D eigenvalue weighted by molar-refractivity contribution is 0.295. The van der Waals surface area contributed by atoms with E-state index in [0.717, 1.165) is 5.56 Å². The lowest BCUT2D eigenvalue weighted by atomic mass is 10.0. The monoisotopic (exact) mass is 323 g/mol. The SMILES string of the molecule is Cc1ncc(NC2=NC(N)(C(C)C)NC(c3ccccc3)=N2)cn1. The minimum absolute atomic E-state index is 0.0674. The smallest absolute Gasteiger partial charge is 0.228 e. The third-order valence-corrected chi connectivity index (χ3v) is 3.79. The first-order valence-corrected chi connectivity index (χ1v) is 7.83. The Morgan fingerprint density at radius 2 is 1.79 bits per heavy atom. The van der Waals surface area contributed by atoms with Crippen molar-refractivity contribution in [1.29, 1.82) is 0 Å². The second-order valence-corrected chi connectivity index (χ2v) is 6.01. The maximum atomic E-state index is 6.45. The fourth-order valence-electron chi connectivity index (χ4n) is 2.20. The van der Waals surface area contributed by atoms with Gasteiger partial charge in [0.2, 0.25) is 5.96 Å².